The molecule has 5 heteroatoms. The maximum atomic E-state index is 11.1. The Balaban J connectivity index is 3.92. The molecular weight excluding hydrogens is 172 g/mol. The van der Waals surface area contributed by atoms with Crippen LogP contribution in [0.4, 0.5) is 0 Å². The van der Waals surface area contributed by atoms with Crippen LogP contribution in [0.1, 0.15) is 26.7 Å². The van der Waals surface area contributed by atoms with Crippen molar-refractivity contribution < 1.29 is 14.7 Å². The van der Waals surface area contributed by atoms with E-state index in [1.807, 2.05) is 6.92 Å². The second-order valence-electron chi connectivity index (χ2n) is 2.96. The molecule has 0 saturated carbocycles. The summed E-state index contributed by atoms with van der Waals surface area (Å²) < 4.78 is 0. The Hall–Kier alpha value is -1.10. The molecule has 0 rings (SSSR count). The number of rotatable bonds is 5. The Labute approximate surface area is 77.3 Å². The highest BCUT2D eigenvalue weighted by Gasteiger charge is 2.18. The van der Waals surface area contributed by atoms with E-state index < -0.39 is 24.0 Å². The molecule has 1 unspecified atom stereocenters. The van der Waals surface area contributed by atoms with Gasteiger partial charge in [-0.3, -0.25) is 9.59 Å². The molecule has 0 spiro atoms. The minimum Gasteiger partial charge on any atom is -0.480 e. The molecule has 0 fully saturated rings. The van der Waals surface area contributed by atoms with Gasteiger partial charge in [-0.05, 0) is 13.3 Å². The Morgan fingerprint density at radius 3 is 2.46 bits per heavy atom. The average Bonchev–Trinajstić information content (AvgIpc) is 2.04. The highest BCUT2D eigenvalue weighted by molar-refractivity contribution is 5.86. The molecule has 0 aliphatic heterocycles. The van der Waals surface area contributed by atoms with Crippen LogP contribution < -0.4 is 11.1 Å². The fraction of sp³-hybridized carbons (Fsp3) is 0.750. The molecule has 13 heavy (non-hydrogen) atoms. The summed E-state index contributed by atoms with van der Waals surface area (Å²) in [6, 6.07) is -1.48. The van der Waals surface area contributed by atoms with Crippen molar-refractivity contribution in [2.45, 2.75) is 38.8 Å². The van der Waals surface area contributed by atoms with Gasteiger partial charge in [-0.1, -0.05) is 13.3 Å². The average molecular weight is 188 g/mol. The molecule has 4 N–H and O–H groups in total. The van der Waals surface area contributed by atoms with Crippen molar-refractivity contribution >= 4 is 11.9 Å². The van der Waals surface area contributed by atoms with E-state index in [0.29, 0.717) is 6.42 Å². The maximum Gasteiger partial charge on any atom is 0.325 e. The van der Waals surface area contributed by atoms with Gasteiger partial charge in [0.05, 0.1) is 6.04 Å². The fourth-order valence-electron chi connectivity index (χ4n) is 0.824. The first-order chi connectivity index (χ1) is 5.99. The molecule has 0 saturated heterocycles. The van der Waals surface area contributed by atoms with E-state index in [4.69, 9.17) is 10.8 Å². The minimum absolute atomic E-state index is 0.406. The standard InChI is InChI=1S/C8H16N2O3/c1-3-4-6(9)7(11)10-5(2)8(12)13/h5-6H,3-4,9H2,1-2H3,(H,10,11)(H,12,13)/t5-,6?/m1/s1. The highest BCUT2D eigenvalue weighted by Crippen LogP contribution is 1.93. The second-order valence-corrected chi connectivity index (χ2v) is 2.96. The maximum absolute atomic E-state index is 11.1. The predicted molar refractivity (Wildman–Crippen MR) is 48.1 cm³/mol. The van der Waals surface area contributed by atoms with Crippen molar-refractivity contribution in [1.82, 2.24) is 5.32 Å². The number of hydrogen-bond donors (Lipinski definition) is 3. The summed E-state index contributed by atoms with van der Waals surface area (Å²) in [7, 11) is 0. The monoisotopic (exact) mass is 188 g/mol. The number of nitrogens with one attached hydrogen (secondary N) is 1. The molecule has 0 radical (unpaired) electrons. The van der Waals surface area contributed by atoms with E-state index >= 15 is 0 Å². The van der Waals surface area contributed by atoms with Gasteiger partial charge < -0.3 is 16.2 Å². The highest BCUT2D eigenvalue weighted by atomic mass is 16.4. The van der Waals surface area contributed by atoms with Gasteiger partial charge in [0.1, 0.15) is 6.04 Å². The fourth-order valence-corrected chi connectivity index (χ4v) is 0.824. The smallest absolute Gasteiger partial charge is 0.325 e. The SMILES string of the molecule is CCCC(N)C(=O)N[C@H](C)C(=O)O. The molecule has 0 aliphatic carbocycles. The van der Waals surface area contributed by atoms with E-state index in [9.17, 15) is 9.59 Å². The molecule has 5 nitrogen and oxygen atoms in total. The third-order valence-corrected chi connectivity index (χ3v) is 1.67. The molecule has 0 bridgehead atoms. The van der Waals surface area contributed by atoms with Crippen LogP contribution in [0.15, 0.2) is 0 Å². The van der Waals surface area contributed by atoms with E-state index in [1.165, 1.54) is 6.92 Å². The molecule has 0 aromatic rings. The summed E-state index contributed by atoms with van der Waals surface area (Å²) in [6.45, 7) is 3.31. The minimum atomic E-state index is -1.06. The lowest BCUT2D eigenvalue weighted by atomic mass is 10.1. The van der Waals surface area contributed by atoms with Crippen LogP contribution >= 0.6 is 0 Å². The Bertz CT molecular complexity index is 194. The van der Waals surface area contributed by atoms with E-state index in [1.54, 1.807) is 0 Å². The predicted octanol–water partition coefficient (Wildman–Crippen LogP) is -0.297. The van der Waals surface area contributed by atoms with E-state index in [0.717, 1.165) is 6.42 Å². The number of hydrogen-bond acceptors (Lipinski definition) is 3. The Morgan fingerprint density at radius 1 is 1.54 bits per heavy atom. The number of carbonyl (C=O) groups excluding carboxylic acids is 1. The Morgan fingerprint density at radius 2 is 2.08 bits per heavy atom. The molecule has 0 aromatic heterocycles. The lowest BCUT2D eigenvalue weighted by Gasteiger charge is -2.13. The van der Waals surface area contributed by atoms with Gasteiger partial charge in [-0.15, -0.1) is 0 Å². The summed E-state index contributed by atoms with van der Waals surface area (Å²) in [5.41, 5.74) is 5.47. The lowest BCUT2D eigenvalue weighted by Crippen LogP contribution is -2.47. The second kappa shape index (κ2) is 5.53. The summed E-state index contributed by atoms with van der Waals surface area (Å²) in [4.78, 5) is 21.5. The molecule has 0 aromatic carbocycles. The van der Waals surface area contributed by atoms with Crippen molar-refractivity contribution in [3.05, 3.63) is 0 Å². The van der Waals surface area contributed by atoms with Gasteiger partial charge in [0.25, 0.3) is 0 Å². The van der Waals surface area contributed by atoms with Crippen molar-refractivity contribution in [3.63, 3.8) is 0 Å². The quantitative estimate of drug-likeness (QED) is 0.552. The van der Waals surface area contributed by atoms with Crippen LogP contribution in [-0.2, 0) is 9.59 Å². The molecule has 0 aliphatic rings. The van der Waals surface area contributed by atoms with Gasteiger partial charge in [0.15, 0.2) is 0 Å². The zero-order valence-corrected chi connectivity index (χ0v) is 7.91. The first-order valence-electron chi connectivity index (χ1n) is 4.27. The summed E-state index contributed by atoms with van der Waals surface area (Å²) in [5, 5.41) is 10.8. The third kappa shape index (κ3) is 4.47. The van der Waals surface area contributed by atoms with Gasteiger partial charge in [-0.2, -0.15) is 0 Å². The number of carbonyl (C=O) groups is 2. The lowest BCUT2D eigenvalue weighted by molar-refractivity contribution is -0.141. The Kier molecular flexibility index (Phi) is 5.06. The molecule has 1 amide bonds. The number of carboxylic acid groups (broad SMARTS) is 1. The summed E-state index contributed by atoms with van der Waals surface area (Å²) >= 11 is 0. The van der Waals surface area contributed by atoms with Gasteiger partial charge >= 0.3 is 5.97 Å². The van der Waals surface area contributed by atoms with Crippen molar-refractivity contribution in [2.75, 3.05) is 0 Å². The zero-order chi connectivity index (χ0) is 10.4. The first-order valence-corrected chi connectivity index (χ1v) is 4.27. The number of aliphatic carboxylic acids is 1. The molecule has 2 atom stereocenters. The van der Waals surface area contributed by atoms with Gasteiger partial charge in [-0.25, -0.2) is 0 Å². The van der Waals surface area contributed by atoms with E-state index in [2.05, 4.69) is 5.32 Å². The van der Waals surface area contributed by atoms with Crippen LogP contribution in [0.5, 0.6) is 0 Å². The summed E-state index contributed by atoms with van der Waals surface area (Å²) in [6.07, 6.45) is 1.37. The van der Waals surface area contributed by atoms with Crippen LogP contribution in [0.2, 0.25) is 0 Å². The molecule has 76 valence electrons. The van der Waals surface area contributed by atoms with Crippen molar-refractivity contribution in [3.8, 4) is 0 Å². The number of nitrogens with two attached hydrogens (primary N) is 1. The van der Waals surface area contributed by atoms with E-state index in [-0.39, 0.29) is 0 Å². The zero-order valence-electron chi connectivity index (χ0n) is 7.91. The number of amides is 1. The summed E-state index contributed by atoms with van der Waals surface area (Å²) in [5.74, 6) is -1.46. The largest absolute Gasteiger partial charge is 0.480 e. The van der Waals surface area contributed by atoms with Gasteiger partial charge in [0, 0.05) is 0 Å². The third-order valence-electron chi connectivity index (χ3n) is 1.67. The topological polar surface area (TPSA) is 92.4 Å². The molecule has 0 heterocycles. The van der Waals surface area contributed by atoms with Gasteiger partial charge in [0.2, 0.25) is 5.91 Å². The van der Waals surface area contributed by atoms with Crippen LogP contribution in [-0.4, -0.2) is 29.1 Å². The normalized spacial score (nSPS) is 14.7. The first kappa shape index (κ1) is 11.9. The van der Waals surface area contributed by atoms with Crippen LogP contribution in [0, 0.1) is 0 Å². The van der Waals surface area contributed by atoms with Crippen molar-refractivity contribution in [1.29, 1.82) is 0 Å². The molecular formula is C8H16N2O3. The van der Waals surface area contributed by atoms with Crippen LogP contribution in [0.25, 0.3) is 0 Å². The van der Waals surface area contributed by atoms with Crippen molar-refractivity contribution in [2.24, 2.45) is 5.73 Å². The number of carboxylic acids is 1. The van der Waals surface area contributed by atoms with Crippen LogP contribution in [0.3, 0.4) is 0 Å².